The fraction of sp³-hybridized carbons (Fsp3) is 0.516. The number of carbonyl (C=O) groups is 3. The molecule has 0 saturated carbocycles. The molecule has 8 heteroatoms. The predicted molar refractivity (Wildman–Crippen MR) is 147 cm³/mol. The van der Waals surface area contributed by atoms with Gasteiger partial charge < -0.3 is 25.4 Å². The van der Waals surface area contributed by atoms with Gasteiger partial charge in [-0.2, -0.15) is 0 Å². The number of hydrogen-bond acceptors (Lipinski definition) is 5. The number of hydrogen-bond donors (Lipinski definition) is 3. The van der Waals surface area contributed by atoms with Crippen LogP contribution in [0.3, 0.4) is 0 Å². The maximum absolute atomic E-state index is 14.1. The molecule has 3 aliphatic heterocycles. The van der Waals surface area contributed by atoms with Crippen molar-refractivity contribution in [3.05, 3.63) is 66.2 Å². The minimum Gasteiger partial charge on any atom is -0.396 e. The summed E-state index contributed by atoms with van der Waals surface area (Å²) in [6, 6.07) is 18.1. The van der Waals surface area contributed by atoms with Crippen LogP contribution in [0.4, 0.5) is 5.69 Å². The quantitative estimate of drug-likeness (QED) is 0.383. The molecule has 2 bridgehead atoms. The molecule has 3 saturated heterocycles. The Hall–Kier alpha value is -3.23. The summed E-state index contributed by atoms with van der Waals surface area (Å²) in [5.41, 5.74) is -0.282. The number of unbranched alkanes of at least 4 members (excludes halogenated alkanes) is 3. The number of rotatable bonds is 11. The first kappa shape index (κ1) is 27.3. The van der Waals surface area contributed by atoms with Gasteiger partial charge in [0.15, 0.2) is 0 Å². The highest BCUT2D eigenvalue weighted by atomic mass is 16.5. The van der Waals surface area contributed by atoms with E-state index >= 15 is 0 Å². The monoisotopic (exact) mass is 533 g/mol. The summed E-state index contributed by atoms with van der Waals surface area (Å²) < 4.78 is 6.77. The van der Waals surface area contributed by atoms with Crippen molar-refractivity contribution in [3.8, 4) is 0 Å². The number of carbonyl (C=O) groups excluding carboxylic acids is 3. The van der Waals surface area contributed by atoms with Crippen LogP contribution in [0.25, 0.3) is 0 Å². The lowest BCUT2D eigenvalue weighted by atomic mass is 9.62. The highest BCUT2D eigenvalue weighted by molar-refractivity contribution is 6.02. The second-order valence-electron chi connectivity index (χ2n) is 11.4. The van der Waals surface area contributed by atoms with Crippen LogP contribution < -0.4 is 10.6 Å². The van der Waals surface area contributed by atoms with E-state index in [4.69, 9.17) is 9.84 Å². The Bertz CT molecular complexity index is 1190. The number of benzene rings is 2. The van der Waals surface area contributed by atoms with Gasteiger partial charge in [-0.25, -0.2) is 0 Å². The molecule has 2 aromatic carbocycles. The van der Waals surface area contributed by atoms with Gasteiger partial charge >= 0.3 is 0 Å². The van der Waals surface area contributed by atoms with Crippen molar-refractivity contribution < 1.29 is 24.2 Å². The van der Waals surface area contributed by atoms with E-state index in [1.807, 2.05) is 67.6 Å². The third-order valence-corrected chi connectivity index (χ3v) is 9.00. The van der Waals surface area contributed by atoms with E-state index in [0.29, 0.717) is 38.0 Å². The zero-order chi connectivity index (χ0) is 27.6. The Labute approximate surface area is 230 Å². The van der Waals surface area contributed by atoms with Crippen molar-refractivity contribution in [1.82, 2.24) is 10.2 Å². The van der Waals surface area contributed by atoms with Crippen molar-refractivity contribution in [2.24, 2.45) is 17.8 Å². The topological polar surface area (TPSA) is 108 Å². The normalized spacial score (nSPS) is 30.8. The van der Waals surface area contributed by atoms with Crippen molar-refractivity contribution >= 4 is 23.4 Å². The molecule has 39 heavy (non-hydrogen) atoms. The average molecular weight is 534 g/mol. The zero-order valence-corrected chi connectivity index (χ0v) is 22.8. The van der Waals surface area contributed by atoms with Crippen LogP contribution >= 0.6 is 0 Å². The van der Waals surface area contributed by atoms with Gasteiger partial charge in [0.2, 0.25) is 17.7 Å². The molecule has 3 amide bonds. The molecule has 8 nitrogen and oxygen atoms in total. The third-order valence-electron chi connectivity index (χ3n) is 9.00. The first-order valence-corrected chi connectivity index (χ1v) is 14.1. The van der Waals surface area contributed by atoms with E-state index in [2.05, 4.69) is 17.6 Å². The molecule has 3 unspecified atom stereocenters. The first-order valence-electron chi connectivity index (χ1n) is 14.1. The van der Waals surface area contributed by atoms with E-state index in [0.717, 1.165) is 18.4 Å². The van der Waals surface area contributed by atoms with Gasteiger partial charge in [0.1, 0.15) is 11.6 Å². The van der Waals surface area contributed by atoms with E-state index in [1.54, 1.807) is 4.90 Å². The highest BCUT2D eigenvalue weighted by Crippen LogP contribution is 2.65. The number of likely N-dealkylation sites (tertiary alicyclic amines) is 1. The number of nitrogens with zero attached hydrogens (tertiary/aromatic N) is 1. The molecule has 3 heterocycles. The van der Waals surface area contributed by atoms with Crippen LogP contribution in [0, 0.1) is 17.8 Å². The number of aliphatic hydroxyl groups excluding tert-OH is 1. The number of para-hydroxylation sites is 1. The molecule has 3 N–H and O–H groups in total. The molecule has 208 valence electrons. The van der Waals surface area contributed by atoms with Gasteiger partial charge in [0.25, 0.3) is 0 Å². The predicted octanol–water partition coefficient (Wildman–Crippen LogP) is 3.50. The van der Waals surface area contributed by atoms with Gasteiger partial charge in [-0.1, -0.05) is 68.3 Å². The van der Waals surface area contributed by atoms with Gasteiger partial charge in [0, 0.05) is 25.4 Å². The zero-order valence-electron chi connectivity index (χ0n) is 22.8. The van der Waals surface area contributed by atoms with Crippen LogP contribution in [-0.4, -0.2) is 58.1 Å². The van der Waals surface area contributed by atoms with E-state index in [-0.39, 0.29) is 30.2 Å². The largest absolute Gasteiger partial charge is 0.396 e. The lowest BCUT2D eigenvalue weighted by molar-refractivity contribution is -0.146. The Balaban J connectivity index is 1.44. The standard InChI is InChI=1S/C31H39N3O5/c1-21-19-31-25(24(30(21,2)39-31)27(36)33-23-15-9-6-10-16-23)29(38)34(17-11-3-4-12-18-35)26(31)28(37)32-20-22-13-7-5-8-14-22/h5-10,13-16,21,24-26,35H,3-4,11-12,17-20H2,1-2H3,(H,32,37)(H,33,36)/t21?,24-,25-,26?,30+,31?/m0/s1. The number of nitrogens with one attached hydrogen (secondary N) is 2. The maximum atomic E-state index is 14.1. The first-order chi connectivity index (χ1) is 18.8. The lowest BCUT2D eigenvalue weighted by Crippen LogP contribution is -2.55. The molecule has 0 aromatic heterocycles. The van der Waals surface area contributed by atoms with Gasteiger partial charge in [0.05, 0.1) is 17.4 Å². The Morgan fingerprint density at radius 3 is 2.36 bits per heavy atom. The molecule has 3 fully saturated rings. The second-order valence-corrected chi connectivity index (χ2v) is 11.4. The van der Waals surface area contributed by atoms with E-state index < -0.39 is 29.1 Å². The van der Waals surface area contributed by atoms with Crippen molar-refractivity contribution in [1.29, 1.82) is 0 Å². The Kier molecular flexibility index (Phi) is 7.78. The summed E-state index contributed by atoms with van der Waals surface area (Å²) in [6.07, 6.45) is 3.66. The fourth-order valence-electron chi connectivity index (χ4n) is 7.05. The summed E-state index contributed by atoms with van der Waals surface area (Å²) >= 11 is 0. The Morgan fingerprint density at radius 2 is 1.67 bits per heavy atom. The summed E-state index contributed by atoms with van der Waals surface area (Å²) in [6.45, 7) is 4.87. The van der Waals surface area contributed by atoms with Gasteiger partial charge in [-0.3, -0.25) is 14.4 Å². The molecular formula is C31H39N3O5. The Morgan fingerprint density at radius 1 is 1.00 bits per heavy atom. The number of ether oxygens (including phenoxy) is 1. The van der Waals surface area contributed by atoms with Crippen LogP contribution in [0.1, 0.15) is 51.5 Å². The number of anilines is 1. The van der Waals surface area contributed by atoms with E-state index in [9.17, 15) is 14.4 Å². The smallest absolute Gasteiger partial charge is 0.246 e. The van der Waals surface area contributed by atoms with Crippen molar-refractivity contribution in [3.63, 3.8) is 0 Å². The summed E-state index contributed by atoms with van der Waals surface area (Å²) in [7, 11) is 0. The number of aliphatic hydroxyl groups is 1. The van der Waals surface area contributed by atoms with Crippen LogP contribution in [0.2, 0.25) is 0 Å². The summed E-state index contributed by atoms with van der Waals surface area (Å²) in [4.78, 5) is 43.5. The highest BCUT2D eigenvalue weighted by Gasteiger charge is 2.79. The molecular weight excluding hydrogens is 494 g/mol. The number of fused-ring (bicyclic) bond motifs is 1. The molecule has 1 spiro atoms. The van der Waals surface area contributed by atoms with Crippen LogP contribution in [0.5, 0.6) is 0 Å². The SMILES string of the molecule is CC1CC23O[C@@]1(C)[C@H](C(=O)Nc1ccccc1)[C@H]2C(=O)N(CCCCCCO)C3C(=O)NCc1ccccc1. The minimum atomic E-state index is -1.06. The molecule has 5 rings (SSSR count). The summed E-state index contributed by atoms with van der Waals surface area (Å²) in [5, 5.41) is 15.2. The fourth-order valence-corrected chi connectivity index (χ4v) is 7.05. The number of amides is 3. The summed E-state index contributed by atoms with van der Waals surface area (Å²) in [5.74, 6) is -2.12. The van der Waals surface area contributed by atoms with Gasteiger partial charge in [-0.15, -0.1) is 0 Å². The average Bonchev–Trinajstić information content (AvgIpc) is 3.45. The molecule has 2 aromatic rings. The van der Waals surface area contributed by atoms with Crippen LogP contribution in [0.15, 0.2) is 60.7 Å². The van der Waals surface area contributed by atoms with Crippen molar-refractivity contribution in [2.45, 2.75) is 69.7 Å². The maximum Gasteiger partial charge on any atom is 0.246 e. The molecule has 3 aliphatic rings. The molecule has 6 atom stereocenters. The molecule has 0 aliphatic carbocycles. The second kappa shape index (κ2) is 11.1. The molecule has 0 radical (unpaired) electrons. The third kappa shape index (κ3) is 4.85. The van der Waals surface area contributed by atoms with Crippen molar-refractivity contribution in [2.75, 3.05) is 18.5 Å². The van der Waals surface area contributed by atoms with E-state index in [1.165, 1.54) is 0 Å². The minimum absolute atomic E-state index is 0.0120. The van der Waals surface area contributed by atoms with Gasteiger partial charge in [-0.05, 0) is 49.8 Å². The lowest BCUT2D eigenvalue weighted by Gasteiger charge is -2.36. The van der Waals surface area contributed by atoms with Crippen LogP contribution in [-0.2, 0) is 25.7 Å².